The molecule has 0 radical (unpaired) electrons. The lowest BCUT2D eigenvalue weighted by molar-refractivity contribution is -0.124. The molecule has 1 rings (SSSR count). The first kappa shape index (κ1) is 11.8. The van der Waals surface area contributed by atoms with Crippen molar-refractivity contribution < 1.29 is 9.63 Å². The summed E-state index contributed by atoms with van der Waals surface area (Å²) in [5.41, 5.74) is 5.64. The third-order valence-corrected chi connectivity index (χ3v) is 2.23. The number of carbonyl (C=O) groups excluding carboxylic acids is 1. The summed E-state index contributed by atoms with van der Waals surface area (Å²) in [6.45, 7) is 3.63. The fourth-order valence-corrected chi connectivity index (χ4v) is 1.03. The highest BCUT2D eigenvalue weighted by atomic mass is 35.5. The average molecular weight is 229 g/mol. The van der Waals surface area contributed by atoms with Crippen molar-refractivity contribution in [2.24, 2.45) is 0 Å². The van der Waals surface area contributed by atoms with Crippen molar-refractivity contribution in [3.05, 3.63) is 28.8 Å². The summed E-state index contributed by atoms with van der Waals surface area (Å²) in [5, 5.41) is 0.681. The molecule has 0 aliphatic heterocycles. The maximum absolute atomic E-state index is 10.8. The van der Waals surface area contributed by atoms with Gasteiger partial charge in [-0.05, 0) is 30.7 Å². The van der Waals surface area contributed by atoms with E-state index < -0.39 is 0 Å². The minimum absolute atomic E-state index is 0.138. The number of aryl methyl sites for hydroxylation is 1. The average Bonchev–Trinajstić information content (AvgIpc) is 2.23. The molecule has 1 aromatic carbocycles. The first-order valence-electron chi connectivity index (χ1n) is 4.60. The van der Waals surface area contributed by atoms with Gasteiger partial charge in [0.05, 0.1) is 0 Å². The molecule has 0 bridgehead atoms. The first-order chi connectivity index (χ1) is 7.13. The maximum Gasteiger partial charge on any atom is 0.236 e. The highest BCUT2D eigenvalue weighted by Gasteiger charge is 1.99. The Labute approximate surface area is 93.5 Å². The highest BCUT2D eigenvalue weighted by Crippen LogP contribution is 2.20. The van der Waals surface area contributed by atoms with Crippen molar-refractivity contribution in [1.82, 2.24) is 11.0 Å². The van der Waals surface area contributed by atoms with E-state index in [9.17, 15) is 4.79 Å². The molecule has 15 heavy (non-hydrogen) atoms. The Morgan fingerprint density at radius 2 is 2.27 bits per heavy atom. The number of hydrogen-bond acceptors (Lipinski definition) is 3. The van der Waals surface area contributed by atoms with Gasteiger partial charge in [-0.1, -0.05) is 24.1 Å². The van der Waals surface area contributed by atoms with E-state index in [1.165, 1.54) is 0 Å². The smallest absolute Gasteiger partial charge is 0.236 e. The Morgan fingerprint density at radius 3 is 2.87 bits per heavy atom. The quantitative estimate of drug-likeness (QED) is 0.775. The second-order valence-corrected chi connectivity index (χ2v) is 3.42. The third-order valence-electron chi connectivity index (χ3n) is 1.81. The van der Waals surface area contributed by atoms with Crippen LogP contribution in [0.4, 0.5) is 0 Å². The lowest BCUT2D eigenvalue weighted by atomic mass is 10.2. The number of benzene rings is 1. The molecule has 0 saturated heterocycles. The number of rotatable bonds is 4. The van der Waals surface area contributed by atoms with Gasteiger partial charge >= 0.3 is 0 Å². The lowest BCUT2D eigenvalue weighted by Gasteiger charge is -2.08. The van der Waals surface area contributed by atoms with Crippen LogP contribution in [0, 0.1) is 6.92 Å². The number of nitrogens with one attached hydrogen (secondary N) is 2. The first-order valence-corrected chi connectivity index (χ1v) is 4.98. The van der Waals surface area contributed by atoms with E-state index in [1.807, 2.05) is 6.92 Å². The zero-order valence-corrected chi connectivity index (χ0v) is 9.39. The van der Waals surface area contributed by atoms with Crippen molar-refractivity contribution in [3.63, 3.8) is 0 Å². The molecule has 0 aliphatic carbocycles. The van der Waals surface area contributed by atoms with Crippen molar-refractivity contribution in [1.29, 1.82) is 0 Å². The number of hydrogen-bond donors (Lipinski definition) is 2. The van der Waals surface area contributed by atoms with E-state index in [0.29, 0.717) is 17.2 Å². The zero-order chi connectivity index (χ0) is 11.3. The van der Waals surface area contributed by atoms with Crippen LogP contribution in [0.15, 0.2) is 18.2 Å². The molecule has 1 amide bonds. The molecule has 0 aromatic heterocycles. The molecular weight excluding hydrogens is 216 g/mol. The predicted molar refractivity (Wildman–Crippen MR) is 58.4 cm³/mol. The van der Waals surface area contributed by atoms with Crippen LogP contribution in [0.5, 0.6) is 5.75 Å². The molecule has 1 aromatic rings. The van der Waals surface area contributed by atoms with Crippen molar-refractivity contribution in [2.75, 3.05) is 0 Å². The molecule has 5 heteroatoms. The van der Waals surface area contributed by atoms with E-state index >= 15 is 0 Å². The van der Waals surface area contributed by atoms with Crippen LogP contribution in [-0.2, 0) is 4.79 Å². The fraction of sp³-hybridized carbons (Fsp3) is 0.300. The van der Waals surface area contributed by atoms with Gasteiger partial charge in [-0.15, -0.1) is 0 Å². The number of carbonyl (C=O) groups is 1. The van der Waals surface area contributed by atoms with Crippen molar-refractivity contribution in [3.8, 4) is 5.75 Å². The van der Waals surface area contributed by atoms with Gasteiger partial charge in [0, 0.05) is 11.4 Å². The SMILES string of the molecule is CCC(=O)NNOc1ccc(Cl)c(C)c1. The third kappa shape index (κ3) is 3.77. The molecule has 82 valence electrons. The van der Waals surface area contributed by atoms with Gasteiger partial charge in [-0.25, -0.2) is 0 Å². The van der Waals surface area contributed by atoms with E-state index in [2.05, 4.69) is 11.0 Å². The normalized spacial score (nSPS) is 9.80. The highest BCUT2D eigenvalue weighted by molar-refractivity contribution is 6.31. The largest absolute Gasteiger partial charge is 0.389 e. The van der Waals surface area contributed by atoms with Crippen LogP contribution in [0.1, 0.15) is 18.9 Å². The molecule has 0 aliphatic rings. The molecule has 0 unspecified atom stereocenters. The van der Waals surface area contributed by atoms with E-state index in [1.54, 1.807) is 25.1 Å². The summed E-state index contributed by atoms with van der Waals surface area (Å²) in [5.74, 6) is 0.453. The lowest BCUT2D eigenvalue weighted by Crippen LogP contribution is -2.39. The number of halogens is 1. The van der Waals surface area contributed by atoms with Gasteiger partial charge in [0.1, 0.15) is 5.75 Å². The molecule has 4 nitrogen and oxygen atoms in total. The summed E-state index contributed by atoms with van der Waals surface area (Å²) >= 11 is 5.84. The van der Waals surface area contributed by atoms with E-state index in [0.717, 1.165) is 5.56 Å². The standard InChI is InChI=1S/C10H13ClN2O2/c1-3-10(14)12-13-15-8-4-5-9(11)7(2)6-8/h4-6,13H,3H2,1-2H3,(H,12,14). The van der Waals surface area contributed by atoms with Crippen LogP contribution < -0.4 is 15.9 Å². The van der Waals surface area contributed by atoms with Crippen LogP contribution in [0.2, 0.25) is 5.02 Å². The number of hydrazine groups is 1. The molecule has 0 heterocycles. The topological polar surface area (TPSA) is 50.4 Å². The Balaban J connectivity index is 2.44. The summed E-state index contributed by atoms with van der Waals surface area (Å²) in [6, 6.07) is 5.21. The van der Waals surface area contributed by atoms with E-state index in [4.69, 9.17) is 16.4 Å². The Morgan fingerprint density at radius 1 is 1.53 bits per heavy atom. The van der Waals surface area contributed by atoms with Crippen LogP contribution in [0.25, 0.3) is 0 Å². The molecule has 2 N–H and O–H groups in total. The molecule has 0 atom stereocenters. The maximum atomic E-state index is 10.8. The fourth-order valence-electron chi connectivity index (χ4n) is 0.910. The summed E-state index contributed by atoms with van der Waals surface area (Å²) in [4.78, 5) is 15.9. The Hall–Kier alpha value is -1.26. The monoisotopic (exact) mass is 228 g/mol. The summed E-state index contributed by atoms with van der Waals surface area (Å²) < 4.78 is 0. The van der Waals surface area contributed by atoms with Gasteiger partial charge in [-0.2, -0.15) is 0 Å². The minimum Gasteiger partial charge on any atom is -0.389 e. The molecule has 0 fully saturated rings. The van der Waals surface area contributed by atoms with Crippen molar-refractivity contribution >= 4 is 17.5 Å². The minimum atomic E-state index is -0.138. The Bertz CT molecular complexity index is 355. The number of amides is 1. The van der Waals surface area contributed by atoms with Crippen LogP contribution in [-0.4, -0.2) is 5.91 Å². The van der Waals surface area contributed by atoms with Crippen molar-refractivity contribution in [2.45, 2.75) is 20.3 Å². The van der Waals surface area contributed by atoms with Crippen LogP contribution >= 0.6 is 11.6 Å². The molecule has 0 spiro atoms. The zero-order valence-electron chi connectivity index (χ0n) is 8.63. The van der Waals surface area contributed by atoms with Crippen LogP contribution in [0.3, 0.4) is 0 Å². The molecule has 0 saturated carbocycles. The van der Waals surface area contributed by atoms with Gasteiger partial charge in [-0.3, -0.25) is 10.2 Å². The van der Waals surface area contributed by atoms with E-state index in [-0.39, 0.29) is 5.91 Å². The predicted octanol–water partition coefficient (Wildman–Crippen LogP) is 1.97. The second-order valence-electron chi connectivity index (χ2n) is 3.02. The van der Waals surface area contributed by atoms with Gasteiger partial charge in [0.15, 0.2) is 0 Å². The van der Waals surface area contributed by atoms with Gasteiger partial charge < -0.3 is 4.84 Å². The van der Waals surface area contributed by atoms with Gasteiger partial charge in [0.25, 0.3) is 0 Å². The summed E-state index contributed by atoms with van der Waals surface area (Å²) in [6.07, 6.45) is 0.399. The second kappa shape index (κ2) is 5.58. The van der Waals surface area contributed by atoms with Gasteiger partial charge in [0.2, 0.25) is 5.91 Å². The molecular formula is C10H13ClN2O2. The Kier molecular flexibility index (Phi) is 4.39. The summed E-state index contributed by atoms with van der Waals surface area (Å²) in [7, 11) is 0.